The Balaban J connectivity index is 0.000000423. The molecule has 2 aliphatic rings. The smallest absolute Gasteiger partial charge is 0.389 e. The molecule has 1 saturated carbocycles. The van der Waals surface area contributed by atoms with Crippen LogP contribution in [0.15, 0.2) is 24.3 Å². The molecule has 176 valence electrons. The molecule has 0 bridgehead atoms. The standard InChI is InChI=1S/C18H23F2NO3.C4H7F3/c1-17(19,20)15(23)12-2-4-13(5-3-12)21-11-10-18(16(21)24)8-6-14(22)7-9-18;1-2-3-4(5,6)7/h2-5,14-15,22-23H,6-11H2,1H3;2-3H2,1H3. The van der Waals surface area contributed by atoms with Gasteiger partial charge in [-0.2, -0.15) is 13.2 Å². The van der Waals surface area contributed by atoms with Crippen LogP contribution in [0.2, 0.25) is 0 Å². The summed E-state index contributed by atoms with van der Waals surface area (Å²) in [5.74, 6) is -3.15. The van der Waals surface area contributed by atoms with Crippen molar-refractivity contribution in [3.63, 3.8) is 0 Å². The van der Waals surface area contributed by atoms with Crippen LogP contribution in [0.5, 0.6) is 0 Å². The summed E-state index contributed by atoms with van der Waals surface area (Å²) in [6, 6.07) is 6.11. The van der Waals surface area contributed by atoms with E-state index in [0.29, 0.717) is 44.8 Å². The fourth-order valence-corrected chi connectivity index (χ4v) is 4.10. The zero-order valence-corrected chi connectivity index (χ0v) is 17.8. The SMILES string of the molecule is CC(F)(F)C(O)c1ccc(N2CCC3(CCC(O)CC3)C2=O)cc1.CCCC(F)(F)F. The summed E-state index contributed by atoms with van der Waals surface area (Å²) >= 11 is 0. The lowest BCUT2D eigenvalue weighted by Gasteiger charge is -2.33. The first kappa shape index (κ1) is 25.5. The van der Waals surface area contributed by atoms with E-state index in [0.717, 1.165) is 6.42 Å². The molecule has 0 aromatic heterocycles. The van der Waals surface area contributed by atoms with Gasteiger partial charge in [0.1, 0.15) is 6.10 Å². The first-order valence-electron chi connectivity index (χ1n) is 10.5. The van der Waals surface area contributed by atoms with E-state index in [4.69, 9.17) is 0 Å². The highest BCUT2D eigenvalue weighted by Gasteiger charge is 2.48. The summed E-state index contributed by atoms with van der Waals surface area (Å²) in [5.41, 5.74) is 0.417. The molecule has 1 spiro atoms. The lowest BCUT2D eigenvalue weighted by molar-refractivity contribution is -0.134. The largest absolute Gasteiger partial charge is 0.393 e. The van der Waals surface area contributed by atoms with E-state index in [1.54, 1.807) is 17.0 Å². The van der Waals surface area contributed by atoms with Gasteiger partial charge >= 0.3 is 6.18 Å². The highest BCUT2D eigenvalue weighted by atomic mass is 19.4. The first-order chi connectivity index (χ1) is 14.3. The van der Waals surface area contributed by atoms with Gasteiger partial charge < -0.3 is 15.1 Å². The second-order valence-electron chi connectivity index (χ2n) is 8.53. The molecule has 2 fully saturated rings. The van der Waals surface area contributed by atoms with Crippen LogP contribution in [0.3, 0.4) is 0 Å². The molecule has 1 saturated heterocycles. The van der Waals surface area contributed by atoms with Crippen molar-refractivity contribution in [3.05, 3.63) is 29.8 Å². The van der Waals surface area contributed by atoms with Crippen LogP contribution in [0, 0.1) is 5.41 Å². The van der Waals surface area contributed by atoms with E-state index in [-0.39, 0.29) is 29.4 Å². The van der Waals surface area contributed by atoms with Gasteiger partial charge in [0.2, 0.25) is 5.91 Å². The predicted molar refractivity (Wildman–Crippen MR) is 107 cm³/mol. The van der Waals surface area contributed by atoms with Crippen molar-refractivity contribution < 1.29 is 37.0 Å². The highest BCUT2D eigenvalue weighted by molar-refractivity contribution is 6.00. The number of alkyl halides is 5. The van der Waals surface area contributed by atoms with Crippen LogP contribution < -0.4 is 4.90 Å². The molecule has 1 heterocycles. The average Bonchev–Trinajstić information content (AvgIpc) is 2.99. The Bertz CT molecular complexity index is 722. The van der Waals surface area contributed by atoms with Gasteiger partial charge in [0.05, 0.1) is 11.5 Å². The maximum atomic E-state index is 13.2. The van der Waals surface area contributed by atoms with Crippen LogP contribution in [-0.4, -0.2) is 40.9 Å². The number of hydrogen-bond donors (Lipinski definition) is 2. The summed E-state index contributed by atoms with van der Waals surface area (Å²) in [7, 11) is 0. The topological polar surface area (TPSA) is 60.8 Å². The number of anilines is 1. The van der Waals surface area contributed by atoms with Gasteiger partial charge in [-0.05, 0) is 56.2 Å². The van der Waals surface area contributed by atoms with Gasteiger partial charge in [0, 0.05) is 25.6 Å². The van der Waals surface area contributed by atoms with E-state index in [1.165, 1.54) is 19.1 Å². The summed E-state index contributed by atoms with van der Waals surface area (Å²) in [6.45, 7) is 2.78. The predicted octanol–water partition coefficient (Wildman–Crippen LogP) is 5.38. The van der Waals surface area contributed by atoms with Crippen molar-refractivity contribution in [2.24, 2.45) is 5.41 Å². The van der Waals surface area contributed by atoms with E-state index in [9.17, 15) is 37.0 Å². The molecular weight excluding hydrogens is 421 g/mol. The molecule has 2 N–H and O–H groups in total. The molecule has 1 aromatic carbocycles. The molecule has 1 amide bonds. The Morgan fingerprint density at radius 2 is 1.65 bits per heavy atom. The Morgan fingerprint density at radius 3 is 2.06 bits per heavy atom. The summed E-state index contributed by atoms with van der Waals surface area (Å²) in [4.78, 5) is 14.5. The highest BCUT2D eigenvalue weighted by Crippen LogP contribution is 2.46. The second kappa shape index (κ2) is 9.81. The van der Waals surface area contributed by atoms with Crippen molar-refractivity contribution in [2.75, 3.05) is 11.4 Å². The van der Waals surface area contributed by atoms with Gasteiger partial charge in [0.15, 0.2) is 0 Å². The zero-order chi connectivity index (χ0) is 23.4. The Labute approximate surface area is 179 Å². The maximum Gasteiger partial charge on any atom is 0.389 e. The molecule has 1 atom stereocenters. The molecule has 0 radical (unpaired) electrons. The number of aliphatic hydroxyl groups is 2. The van der Waals surface area contributed by atoms with Gasteiger partial charge in [-0.1, -0.05) is 19.1 Å². The fraction of sp³-hybridized carbons (Fsp3) is 0.682. The summed E-state index contributed by atoms with van der Waals surface area (Å²) in [6.07, 6.45) is -3.14. The van der Waals surface area contributed by atoms with E-state index >= 15 is 0 Å². The average molecular weight is 451 g/mol. The number of carbonyl (C=O) groups is 1. The van der Waals surface area contributed by atoms with Crippen LogP contribution >= 0.6 is 0 Å². The molecule has 4 nitrogen and oxygen atoms in total. The molecule has 3 rings (SSSR count). The van der Waals surface area contributed by atoms with Gasteiger partial charge in [-0.15, -0.1) is 0 Å². The molecule has 1 unspecified atom stereocenters. The molecular formula is C22H30F5NO3. The van der Waals surface area contributed by atoms with E-state index in [1.807, 2.05) is 0 Å². The zero-order valence-electron chi connectivity index (χ0n) is 17.8. The molecule has 1 aromatic rings. The molecule has 9 heteroatoms. The van der Waals surface area contributed by atoms with Crippen LogP contribution in [0.25, 0.3) is 0 Å². The van der Waals surface area contributed by atoms with Crippen molar-refractivity contribution in [1.29, 1.82) is 0 Å². The minimum absolute atomic E-state index is 0.0588. The number of halogens is 5. The minimum Gasteiger partial charge on any atom is -0.393 e. The number of rotatable bonds is 4. The Morgan fingerprint density at radius 1 is 1.10 bits per heavy atom. The number of hydrogen-bond acceptors (Lipinski definition) is 3. The Hall–Kier alpha value is -1.74. The number of nitrogens with zero attached hydrogens (tertiary/aromatic N) is 1. The van der Waals surface area contributed by atoms with Crippen LogP contribution in [0.4, 0.5) is 27.6 Å². The van der Waals surface area contributed by atoms with E-state index in [2.05, 4.69) is 0 Å². The summed E-state index contributed by atoms with van der Waals surface area (Å²) < 4.78 is 59.6. The number of carbonyl (C=O) groups excluding carboxylic acids is 1. The number of benzene rings is 1. The van der Waals surface area contributed by atoms with Crippen LogP contribution in [0.1, 0.15) is 70.5 Å². The molecule has 1 aliphatic carbocycles. The number of aliphatic hydroxyl groups excluding tert-OH is 2. The normalized spacial score (nSPS) is 25.4. The van der Waals surface area contributed by atoms with Crippen molar-refractivity contribution in [2.45, 2.75) is 83.1 Å². The van der Waals surface area contributed by atoms with Gasteiger partial charge in [-0.25, -0.2) is 8.78 Å². The third kappa shape index (κ3) is 6.62. The van der Waals surface area contributed by atoms with Crippen molar-refractivity contribution in [1.82, 2.24) is 0 Å². The maximum absolute atomic E-state index is 13.2. The van der Waals surface area contributed by atoms with E-state index < -0.39 is 24.6 Å². The lowest BCUT2D eigenvalue weighted by atomic mass is 9.72. The third-order valence-corrected chi connectivity index (χ3v) is 5.96. The van der Waals surface area contributed by atoms with Crippen LogP contribution in [-0.2, 0) is 4.79 Å². The Kier molecular flexibility index (Phi) is 8.08. The minimum atomic E-state index is -3.95. The summed E-state index contributed by atoms with van der Waals surface area (Å²) in [5, 5.41) is 19.3. The van der Waals surface area contributed by atoms with Gasteiger partial charge in [-0.3, -0.25) is 4.79 Å². The lowest BCUT2D eigenvalue weighted by Crippen LogP contribution is -2.38. The van der Waals surface area contributed by atoms with Crippen molar-refractivity contribution in [3.8, 4) is 0 Å². The third-order valence-electron chi connectivity index (χ3n) is 5.96. The van der Waals surface area contributed by atoms with Crippen molar-refractivity contribution >= 4 is 11.6 Å². The van der Waals surface area contributed by atoms with Gasteiger partial charge in [0.25, 0.3) is 5.92 Å². The molecule has 1 aliphatic heterocycles. The molecule has 31 heavy (non-hydrogen) atoms. The second-order valence-corrected chi connectivity index (χ2v) is 8.53. The number of amides is 1. The first-order valence-corrected chi connectivity index (χ1v) is 10.5. The quantitative estimate of drug-likeness (QED) is 0.604. The fourth-order valence-electron chi connectivity index (χ4n) is 4.10. The monoisotopic (exact) mass is 451 g/mol.